The fraction of sp³-hybridized carbons (Fsp3) is 0.308. The molecule has 0 aliphatic carbocycles. The number of esters is 1. The number of benzene rings is 2. The monoisotopic (exact) mass is 480 g/mol. The molecule has 0 N–H and O–H groups in total. The number of aryl methyl sites for hydroxylation is 1. The lowest BCUT2D eigenvalue weighted by atomic mass is 10.1. The van der Waals surface area contributed by atoms with E-state index in [1.54, 1.807) is 6.07 Å². The number of para-hydroxylation sites is 1. The number of carbonyl (C=O) groups excluding carboxylic acids is 2. The lowest BCUT2D eigenvalue weighted by molar-refractivity contribution is -0.137. The number of ether oxygens (including phenoxy) is 1. The summed E-state index contributed by atoms with van der Waals surface area (Å²) in [6.45, 7) is 3.56. The maximum Gasteiger partial charge on any atom is 0.340 e. The molecule has 1 saturated heterocycles. The van der Waals surface area contributed by atoms with E-state index in [0.29, 0.717) is 12.0 Å². The van der Waals surface area contributed by atoms with Crippen LogP contribution in [-0.2, 0) is 25.9 Å². The van der Waals surface area contributed by atoms with Gasteiger partial charge in [-0.3, -0.25) is 4.79 Å². The second-order valence-corrected chi connectivity index (χ2v) is 10.8. The molecular formula is C26H28N2O5S. The Morgan fingerprint density at radius 1 is 1.03 bits per heavy atom. The van der Waals surface area contributed by atoms with Crippen molar-refractivity contribution in [3.8, 4) is 5.69 Å². The van der Waals surface area contributed by atoms with E-state index in [0.717, 1.165) is 22.6 Å². The van der Waals surface area contributed by atoms with Gasteiger partial charge in [0.15, 0.2) is 16.4 Å². The summed E-state index contributed by atoms with van der Waals surface area (Å²) in [5, 5.41) is 0. The Balaban J connectivity index is 1.49. The molecule has 178 valence electrons. The molecule has 0 spiro atoms. The smallest absolute Gasteiger partial charge is 0.340 e. The molecule has 7 nitrogen and oxygen atoms in total. The third kappa shape index (κ3) is 5.22. The zero-order valence-corrected chi connectivity index (χ0v) is 20.1. The topological polar surface area (TPSA) is 85.7 Å². The largest absolute Gasteiger partial charge is 0.452 e. The molecule has 34 heavy (non-hydrogen) atoms. The van der Waals surface area contributed by atoms with Crippen LogP contribution in [0.2, 0.25) is 0 Å². The zero-order valence-electron chi connectivity index (χ0n) is 19.3. The van der Waals surface area contributed by atoms with E-state index in [2.05, 4.69) is 0 Å². The van der Waals surface area contributed by atoms with Crippen molar-refractivity contribution in [1.29, 1.82) is 0 Å². The Bertz CT molecular complexity index is 1280. The maximum atomic E-state index is 13.1. The van der Waals surface area contributed by atoms with Gasteiger partial charge >= 0.3 is 5.97 Å². The van der Waals surface area contributed by atoms with E-state index in [9.17, 15) is 18.0 Å². The van der Waals surface area contributed by atoms with Crippen LogP contribution in [0.15, 0.2) is 66.7 Å². The number of hydrogen-bond donors (Lipinski definition) is 0. The number of carbonyl (C=O) groups is 2. The minimum absolute atomic E-state index is 0.0570. The van der Waals surface area contributed by atoms with Gasteiger partial charge in [0, 0.05) is 29.7 Å². The van der Waals surface area contributed by atoms with Crippen molar-refractivity contribution in [1.82, 2.24) is 9.47 Å². The van der Waals surface area contributed by atoms with Crippen molar-refractivity contribution in [3.05, 3.63) is 89.2 Å². The van der Waals surface area contributed by atoms with E-state index in [-0.39, 0.29) is 18.1 Å². The van der Waals surface area contributed by atoms with E-state index >= 15 is 0 Å². The standard InChI is InChI=1S/C26H28N2O5S/c1-19-15-24(20(2)28(19)22-11-7-4-8-12-22)26(30)33-17-25(29)27(16-21-9-5-3-6-10-21)23-13-14-34(31,32)18-23/h3-12,15,23H,13-14,16-18H2,1-2H3/t23-/m1/s1. The molecule has 1 aliphatic heterocycles. The predicted molar refractivity (Wildman–Crippen MR) is 130 cm³/mol. The van der Waals surface area contributed by atoms with Gasteiger partial charge in [0.25, 0.3) is 5.91 Å². The van der Waals surface area contributed by atoms with Crippen molar-refractivity contribution in [2.24, 2.45) is 0 Å². The summed E-state index contributed by atoms with van der Waals surface area (Å²) in [4.78, 5) is 27.5. The Morgan fingerprint density at radius 3 is 2.29 bits per heavy atom. The van der Waals surface area contributed by atoms with Crippen LogP contribution >= 0.6 is 0 Å². The zero-order chi connectivity index (χ0) is 24.3. The molecule has 0 saturated carbocycles. The van der Waals surface area contributed by atoms with Crippen molar-refractivity contribution in [2.45, 2.75) is 32.9 Å². The summed E-state index contributed by atoms with van der Waals surface area (Å²) in [6.07, 6.45) is 0.382. The van der Waals surface area contributed by atoms with Crippen LogP contribution in [0.3, 0.4) is 0 Å². The van der Waals surface area contributed by atoms with Gasteiger partial charge in [-0.15, -0.1) is 0 Å². The highest BCUT2D eigenvalue weighted by Gasteiger charge is 2.35. The van der Waals surface area contributed by atoms with Gasteiger partial charge in [-0.1, -0.05) is 48.5 Å². The molecule has 1 aliphatic rings. The molecule has 3 aromatic rings. The van der Waals surface area contributed by atoms with Gasteiger partial charge < -0.3 is 14.2 Å². The fourth-order valence-corrected chi connectivity index (χ4v) is 6.18. The van der Waals surface area contributed by atoms with E-state index in [1.807, 2.05) is 79.1 Å². The molecule has 0 radical (unpaired) electrons. The highest BCUT2D eigenvalue weighted by molar-refractivity contribution is 7.91. The summed E-state index contributed by atoms with van der Waals surface area (Å²) >= 11 is 0. The maximum absolute atomic E-state index is 13.1. The number of hydrogen-bond acceptors (Lipinski definition) is 5. The first kappa shape index (κ1) is 23.8. The van der Waals surface area contributed by atoms with Crippen LogP contribution in [0.1, 0.15) is 33.7 Å². The molecule has 2 heterocycles. The second kappa shape index (κ2) is 9.85. The van der Waals surface area contributed by atoms with Gasteiger partial charge in [0.1, 0.15) is 0 Å². The summed E-state index contributed by atoms with van der Waals surface area (Å²) in [5.41, 5.74) is 3.82. The average Bonchev–Trinajstić information content (AvgIpc) is 3.34. The van der Waals surface area contributed by atoms with Gasteiger partial charge in [0.05, 0.1) is 17.1 Å². The third-order valence-electron chi connectivity index (χ3n) is 6.16. The molecule has 1 atom stereocenters. The van der Waals surface area contributed by atoms with E-state index in [4.69, 9.17) is 4.74 Å². The first-order valence-corrected chi connectivity index (χ1v) is 13.0. The molecule has 4 rings (SSSR count). The van der Waals surface area contributed by atoms with Crippen LogP contribution in [-0.4, -0.2) is 53.9 Å². The number of nitrogens with zero attached hydrogens (tertiary/aromatic N) is 2. The Hall–Kier alpha value is -3.39. The van der Waals surface area contributed by atoms with Crippen molar-refractivity contribution in [3.63, 3.8) is 0 Å². The summed E-state index contributed by atoms with van der Waals surface area (Å²) in [6, 6.07) is 20.4. The van der Waals surface area contributed by atoms with Gasteiger partial charge in [-0.05, 0) is 44.0 Å². The van der Waals surface area contributed by atoms with Gasteiger partial charge in [-0.2, -0.15) is 0 Å². The quantitative estimate of drug-likeness (QED) is 0.484. The predicted octanol–water partition coefficient (Wildman–Crippen LogP) is 3.47. The molecule has 1 fully saturated rings. The lowest BCUT2D eigenvalue weighted by Crippen LogP contribution is -2.42. The SMILES string of the molecule is Cc1cc(C(=O)OCC(=O)N(Cc2ccccc2)[C@@H]2CCS(=O)(=O)C2)c(C)n1-c1ccccc1. The van der Waals surface area contributed by atoms with Crippen LogP contribution in [0, 0.1) is 13.8 Å². The van der Waals surface area contributed by atoms with Crippen molar-refractivity contribution < 1.29 is 22.7 Å². The Kier molecular flexibility index (Phi) is 6.88. The van der Waals surface area contributed by atoms with Crippen molar-refractivity contribution in [2.75, 3.05) is 18.1 Å². The normalized spacial score (nSPS) is 16.8. The number of aromatic nitrogens is 1. The number of sulfone groups is 1. The molecule has 8 heteroatoms. The summed E-state index contributed by atoms with van der Waals surface area (Å²) in [7, 11) is -3.18. The Morgan fingerprint density at radius 2 is 1.68 bits per heavy atom. The lowest BCUT2D eigenvalue weighted by Gasteiger charge is -2.28. The highest BCUT2D eigenvalue weighted by atomic mass is 32.2. The molecule has 2 aromatic carbocycles. The first-order valence-electron chi connectivity index (χ1n) is 11.2. The van der Waals surface area contributed by atoms with Gasteiger partial charge in [-0.25, -0.2) is 13.2 Å². The second-order valence-electron chi connectivity index (χ2n) is 8.60. The number of amides is 1. The van der Waals surface area contributed by atoms with Gasteiger partial charge in [0.2, 0.25) is 0 Å². The van der Waals surface area contributed by atoms with Crippen LogP contribution in [0.5, 0.6) is 0 Å². The third-order valence-corrected chi connectivity index (χ3v) is 7.91. The van der Waals surface area contributed by atoms with E-state index in [1.165, 1.54) is 4.90 Å². The average molecular weight is 481 g/mol. The molecular weight excluding hydrogens is 452 g/mol. The first-order chi connectivity index (χ1) is 16.2. The van der Waals surface area contributed by atoms with Crippen molar-refractivity contribution >= 4 is 21.7 Å². The van der Waals surface area contributed by atoms with Crippen LogP contribution in [0.25, 0.3) is 5.69 Å². The Labute approximate surface area is 199 Å². The summed E-state index contributed by atoms with van der Waals surface area (Å²) < 4.78 is 31.4. The minimum atomic E-state index is -3.18. The molecule has 1 aromatic heterocycles. The number of rotatable bonds is 7. The minimum Gasteiger partial charge on any atom is -0.452 e. The summed E-state index contributed by atoms with van der Waals surface area (Å²) in [5.74, 6) is -1.00. The molecule has 0 bridgehead atoms. The molecule has 0 unspecified atom stereocenters. The van der Waals surface area contributed by atoms with E-state index < -0.39 is 34.4 Å². The fourth-order valence-electron chi connectivity index (χ4n) is 4.45. The molecule has 1 amide bonds. The van der Waals surface area contributed by atoms with Crippen LogP contribution < -0.4 is 0 Å². The highest BCUT2D eigenvalue weighted by Crippen LogP contribution is 2.23. The van der Waals surface area contributed by atoms with Crippen LogP contribution in [0.4, 0.5) is 0 Å².